The first-order valence-electron chi connectivity index (χ1n) is 6.12. The van der Waals surface area contributed by atoms with Gasteiger partial charge < -0.3 is 10.1 Å². The zero-order valence-corrected chi connectivity index (χ0v) is 11.4. The minimum Gasteiger partial charge on any atom is -0.495 e. The van der Waals surface area contributed by atoms with Gasteiger partial charge in [0.25, 0.3) is 0 Å². The van der Waals surface area contributed by atoms with Crippen molar-refractivity contribution in [3.63, 3.8) is 0 Å². The van der Waals surface area contributed by atoms with Gasteiger partial charge in [-0.25, -0.2) is 0 Å². The Hall–Kier alpha value is -2.29. The van der Waals surface area contributed by atoms with Crippen molar-refractivity contribution >= 4 is 17.7 Å². The fourth-order valence-corrected chi connectivity index (χ4v) is 2.04. The Kier molecular flexibility index (Phi) is 3.85. The molecule has 1 N–H and O–H groups in total. The molecule has 2 rings (SSSR count). The standard InChI is InChI=1S/C16H17NO2/c1-11-7-8-14(12(2)9-11)17-16-13(10-18)5-4-6-15(16)19-3/h4-10,17H,1-3H3. The summed E-state index contributed by atoms with van der Waals surface area (Å²) < 4.78 is 5.30. The molecule has 0 saturated carbocycles. The molecular weight excluding hydrogens is 238 g/mol. The van der Waals surface area contributed by atoms with Crippen LogP contribution in [0.1, 0.15) is 21.5 Å². The van der Waals surface area contributed by atoms with E-state index in [1.165, 1.54) is 5.56 Å². The van der Waals surface area contributed by atoms with Crippen molar-refractivity contribution in [2.75, 3.05) is 12.4 Å². The summed E-state index contributed by atoms with van der Waals surface area (Å²) in [4.78, 5) is 11.1. The number of aldehydes is 1. The number of ether oxygens (including phenoxy) is 1. The third-order valence-electron chi connectivity index (χ3n) is 3.05. The molecule has 0 unspecified atom stereocenters. The van der Waals surface area contributed by atoms with Gasteiger partial charge >= 0.3 is 0 Å². The van der Waals surface area contributed by atoms with Crippen LogP contribution < -0.4 is 10.1 Å². The topological polar surface area (TPSA) is 38.3 Å². The highest BCUT2D eigenvalue weighted by molar-refractivity contribution is 5.89. The average molecular weight is 255 g/mol. The van der Waals surface area contributed by atoms with Crippen molar-refractivity contribution in [3.8, 4) is 5.75 Å². The lowest BCUT2D eigenvalue weighted by atomic mass is 10.1. The van der Waals surface area contributed by atoms with Gasteiger partial charge in [0.05, 0.1) is 12.8 Å². The molecule has 0 heterocycles. The van der Waals surface area contributed by atoms with E-state index in [1.54, 1.807) is 19.2 Å². The van der Waals surface area contributed by atoms with Crippen molar-refractivity contribution in [1.82, 2.24) is 0 Å². The van der Waals surface area contributed by atoms with Gasteiger partial charge in [0, 0.05) is 11.3 Å². The number of anilines is 2. The van der Waals surface area contributed by atoms with Crippen LogP contribution in [-0.2, 0) is 0 Å². The second-order valence-electron chi connectivity index (χ2n) is 4.49. The molecule has 0 aliphatic rings. The third-order valence-corrected chi connectivity index (χ3v) is 3.05. The first-order valence-corrected chi connectivity index (χ1v) is 6.12. The Morgan fingerprint density at radius 3 is 2.58 bits per heavy atom. The highest BCUT2D eigenvalue weighted by Gasteiger charge is 2.09. The normalized spacial score (nSPS) is 10.1. The lowest BCUT2D eigenvalue weighted by Gasteiger charge is -2.15. The molecule has 0 atom stereocenters. The van der Waals surface area contributed by atoms with Crippen molar-refractivity contribution < 1.29 is 9.53 Å². The fourth-order valence-electron chi connectivity index (χ4n) is 2.04. The van der Waals surface area contributed by atoms with Crippen molar-refractivity contribution in [3.05, 3.63) is 53.1 Å². The van der Waals surface area contributed by atoms with Crippen molar-refractivity contribution in [2.45, 2.75) is 13.8 Å². The lowest BCUT2D eigenvalue weighted by molar-refractivity contribution is 0.112. The Morgan fingerprint density at radius 1 is 1.16 bits per heavy atom. The number of hydrogen-bond acceptors (Lipinski definition) is 3. The van der Waals surface area contributed by atoms with E-state index >= 15 is 0 Å². The lowest BCUT2D eigenvalue weighted by Crippen LogP contribution is -2.00. The first-order chi connectivity index (χ1) is 9.15. The first kappa shape index (κ1) is 13.1. The number of benzene rings is 2. The number of carbonyl (C=O) groups is 1. The van der Waals surface area contributed by atoms with E-state index in [9.17, 15) is 4.79 Å². The molecule has 3 heteroatoms. The smallest absolute Gasteiger partial charge is 0.152 e. The molecule has 0 saturated heterocycles. The van der Waals surface area contributed by atoms with E-state index in [4.69, 9.17) is 4.74 Å². The van der Waals surface area contributed by atoms with Gasteiger partial charge in [-0.15, -0.1) is 0 Å². The van der Waals surface area contributed by atoms with Gasteiger partial charge in [0.15, 0.2) is 6.29 Å². The van der Waals surface area contributed by atoms with E-state index in [0.717, 1.165) is 17.5 Å². The summed E-state index contributed by atoms with van der Waals surface area (Å²) >= 11 is 0. The average Bonchev–Trinajstić information content (AvgIpc) is 2.42. The van der Waals surface area contributed by atoms with Crippen LogP contribution >= 0.6 is 0 Å². The predicted octanol–water partition coefficient (Wildman–Crippen LogP) is 3.87. The number of rotatable bonds is 4. The molecule has 0 fully saturated rings. The van der Waals surface area contributed by atoms with E-state index < -0.39 is 0 Å². The van der Waals surface area contributed by atoms with Crippen LogP contribution in [-0.4, -0.2) is 13.4 Å². The van der Waals surface area contributed by atoms with Gasteiger partial charge in [-0.2, -0.15) is 0 Å². The van der Waals surface area contributed by atoms with Crippen molar-refractivity contribution in [2.24, 2.45) is 0 Å². The summed E-state index contributed by atoms with van der Waals surface area (Å²) in [6, 6.07) is 11.5. The third kappa shape index (κ3) is 2.76. The van der Waals surface area contributed by atoms with Gasteiger partial charge in [0.2, 0.25) is 0 Å². The van der Waals surface area contributed by atoms with Gasteiger partial charge in [-0.05, 0) is 37.6 Å². The molecule has 0 bridgehead atoms. The number of carbonyl (C=O) groups excluding carboxylic acids is 1. The SMILES string of the molecule is COc1cccc(C=O)c1Nc1ccc(C)cc1C. The molecule has 0 aromatic heterocycles. The summed E-state index contributed by atoms with van der Waals surface area (Å²) in [7, 11) is 1.59. The minimum absolute atomic E-state index is 0.583. The zero-order chi connectivity index (χ0) is 13.8. The molecule has 98 valence electrons. The molecule has 2 aromatic rings. The number of para-hydroxylation sites is 1. The van der Waals surface area contributed by atoms with Gasteiger partial charge in [-0.1, -0.05) is 23.8 Å². The monoisotopic (exact) mass is 255 g/mol. The highest BCUT2D eigenvalue weighted by Crippen LogP contribution is 2.31. The number of nitrogens with one attached hydrogen (secondary N) is 1. The molecule has 0 aliphatic carbocycles. The molecular formula is C16H17NO2. The minimum atomic E-state index is 0.583. The van der Waals surface area contributed by atoms with Crippen LogP contribution in [0, 0.1) is 13.8 Å². The molecule has 0 amide bonds. The zero-order valence-electron chi connectivity index (χ0n) is 11.4. The second-order valence-corrected chi connectivity index (χ2v) is 4.49. The summed E-state index contributed by atoms with van der Waals surface area (Å²) in [6.45, 7) is 4.09. The van der Waals surface area contributed by atoms with Gasteiger partial charge in [-0.3, -0.25) is 4.79 Å². The number of hydrogen-bond donors (Lipinski definition) is 1. The van der Waals surface area contributed by atoms with Crippen LogP contribution in [0.3, 0.4) is 0 Å². The maximum absolute atomic E-state index is 11.1. The summed E-state index contributed by atoms with van der Waals surface area (Å²) in [5.74, 6) is 0.657. The van der Waals surface area contributed by atoms with E-state index in [-0.39, 0.29) is 0 Å². The molecule has 19 heavy (non-hydrogen) atoms. The quantitative estimate of drug-likeness (QED) is 0.843. The molecule has 0 spiro atoms. The Morgan fingerprint density at radius 2 is 1.95 bits per heavy atom. The number of methoxy groups -OCH3 is 1. The Bertz CT molecular complexity index is 606. The van der Waals surface area contributed by atoms with Crippen LogP contribution in [0.5, 0.6) is 5.75 Å². The highest BCUT2D eigenvalue weighted by atomic mass is 16.5. The number of aryl methyl sites for hydroxylation is 2. The molecule has 0 radical (unpaired) electrons. The van der Waals surface area contributed by atoms with E-state index in [0.29, 0.717) is 17.0 Å². The van der Waals surface area contributed by atoms with Crippen LogP contribution in [0.4, 0.5) is 11.4 Å². The van der Waals surface area contributed by atoms with Crippen molar-refractivity contribution in [1.29, 1.82) is 0 Å². The van der Waals surface area contributed by atoms with Crippen LogP contribution in [0.2, 0.25) is 0 Å². The maximum Gasteiger partial charge on any atom is 0.152 e. The predicted molar refractivity (Wildman–Crippen MR) is 77.6 cm³/mol. The Labute approximate surface area is 113 Å². The van der Waals surface area contributed by atoms with Crippen LogP contribution in [0.25, 0.3) is 0 Å². The molecule has 3 nitrogen and oxygen atoms in total. The second kappa shape index (κ2) is 5.57. The van der Waals surface area contributed by atoms with Crippen LogP contribution in [0.15, 0.2) is 36.4 Å². The molecule has 2 aromatic carbocycles. The summed E-state index contributed by atoms with van der Waals surface area (Å²) in [5, 5.41) is 3.28. The van der Waals surface area contributed by atoms with E-state index in [2.05, 4.69) is 18.3 Å². The fraction of sp³-hybridized carbons (Fsp3) is 0.188. The largest absolute Gasteiger partial charge is 0.495 e. The maximum atomic E-state index is 11.1. The van der Waals surface area contributed by atoms with Gasteiger partial charge in [0.1, 0.15) is 5.75 Å². The molecule has 0 aliphatic heterocycles. The van der Waals surface area contributed by atoms with E-state index in [1.807, 2.05) is 25.1 Å². The Balaban J connectivity index is 2.45. The summed E-state index contributed by atoms with van der Waals surface area (Å²) in [6.07, 6.45) is 0.828. The summed E-state index contributed by atoms with van der Waals surface area (Å²) in [5.41, 5.74) is 4.59.